The fraction of sp³-hybridized carbons (Fsp3) is 0.533. The van der Waals surface area contributed by atoms with Gasteiger partial charge in [-0.2, -0.15) is 0 Å². The van der Waals surface area contributed by atoms with E-state index in [1.165, 1.54) is 0 Å². The summed E-state index contributed by atoms with van der Waals surface area (Å²) >= 11 is 0. The molecule has 1 aromatic carbocycles. The number of rotatable bonds is 5. The van der Waals surface area contributed by atoms with Crippen molar-refractivity contribution in [2.45, 2.75) is 32.6 Å². The second-order valence-electron chi connectivity index (χ2n) is 5.49. The van der Waals surface area contributed by atoms with Gasteiger partial charge in [0.15, 0.2) is 15.6 Å². The molecular formula is C15H20O3S. The highest BCUT2D eigenvalue weighted by atomic mass is 32.2. The van der Waals surface area contributed by atoms with Crippen molar-refractivity contribution in [3.05, 3.63) is 35.4 Å². The van der Waals surface area contributed by atoms with Crippen LogP contribution in [0.25, 0.3) is 0 Å². The third-order valence-electron chi connectivity index (χ3n) is 3.69. The van der Waals surface area contributed by atoms with Crippen LogP contribution >= 0.6 is 0 Å². The molecule has 0 radical (unpaired) electrons. The molecule has 0 aliphatic heterocycles. The van der Waals surface area contributed by atoms with E-state index in [9.17, 15) is 13.2 Å². The Labute approximate surface area is 114 Å². The van der Waals surface area contributed by atoms with Crippen molar-refractivity contribution in [1.29, 1.82) is 0 Å². The van der Waals surface area contributed by atoms with Gasteiger partial charge in [0.25, 0.3) is 0 Å². The van der Waals surface area contributed by atoms with Gasteiger partial charge in [-0.25, -0.2) is 8.42 Å². The number of hydrogen-bond donors (Lipinski definition) is 0. The zero-order chi connectivity index (χ0) is 13.9. The van der Waals surface area contributed by atoms with Crippen molar-refractivity contribution in [1.82, 2.24) is 0 Å². The molecule has 1 aromatic rings. The standard InChI is InChI=1S/C15H20O3S/c1-12-6-8-14(9-7-12)15(16)11-19(17,18)10-13-4-2-3-5-13/h6-9,13H,2-5,10-11H2,1H3. The lowest BCUT2D eigenvalue weighted by atomic mass is 10.1. The van der Waals surface area contributed by atoms with Crippen LogP contribution in [0.4, 0.5) is 0 Å². The van der Waals surface area contributed by atoms with Crippen molar-refractivity contribution in [2.75, 3.05) is 11.5 Å². The van der Waals surface area contributed by atoms with Gasteiger partial charge in [0.2, 0.25) is 0 Å². The molecule has 4 heteroatoms. The first-order valence-corrected chi connectivity index (χ1v) is 8.59. The van der Waals surface area contributed by atoms with Crippen LogP contribution in [0.3, 0.4) is 0 Å². The molecule has 1 aliphatic rings. The predicted molar refractivity (Wildman–Crippen MR) is 76.1 cm³/mol. The topological polar surface area (TPSA) is 51.2 Å². The molecule has 0 amide bonds. The number of Topliss-reactive ketones (excluding diaryl/α,β-unsaturated/α-hetero) is 1. The predicted octanol–water partition coefficient (Wildman–Crippen LogP) is 2.78. The molecule has 104 valence electrons. The van der Waals surface area contributed by atoms with E-state index in [1.807, 2.05) is 19.1 Å². The van der Waals surface area contributed by atoms with Crippen molar-refractivity contribution in [2.24, 2.45) is 5.92 Å². The van der Waals surface area contributed by atoms with Crippen LogP contribution in [-0.2, 0) is 9.84 Å². The number of benzene rings is 1. The Kier molecular flexibility index (Phi) is 4.40. The first-order chi connectivity index (χ1) is 8.96. The second kappa shape index (κ2) is 5.87. The Morgan fingerprint density at radius 1 is 1.16 bits per heavy atom. The van der Waals surface area contributed by atoms with Gasteiger partial charge in [-0.15, -0.1) is 0 Å². The molecule has 0 atom stereocenters. The molecule has 0 unspecified atom stereocenters. The Morgan fingerprint density at radius 2 is 1.74 bits per heavy atom. The average Bonchev–Trinajstić information content (AvgIpc) is 2.81. The molecule has 0 N–H and O–H groups in total. The van der Waals surface area contributed by atoms with Crippen LogP contribution in [0.1, 0.15) is 41.6 Å². The summed E-state index contributed by atoms with van der Waals surface area (Å²) in [5.74, 6) is -0.217. The summed E-state index contributed by atoms with van der Waals surface area (Å²) in [6, 6.07) is 7.05. The van der Waals surface area contributed by atoms with Crippen LogP contribution < -0.4 is 0 Å². The minimum Gasteiger partial charge on any atom is -0.293 e. The summed E-state index contributed by atoms with van der Waals surface area (Å²) in [4.78, 5) is 12.0. The van der Waals surface area contributed by atoms with E-state index >= 15 is 0 Å². The minimum absolute atomic E-state index is 0.171. The minimum atomic E-state index is -3.27. The lowest BCUT2D eigenvalue weighted by Crippen LogP contribution is -2.22. The summed E-state index contributed by atoms with van der Waals surface area (Å²) in [6.45, 7) is 1.94. The highest BCUT2D eigenvalue weighted by Crippen LogP contribution is 2.26. The van der Waals surface area contributed by atoms with Gasteiger partial charge < -0.3 is 0 Å². The summed E-state index contributed by atoms with van der Waals surface area (Å²) < 4.78 is 24.0. The molecule has 0 bridgehead atoms. The molecule has 3 nitrogen and oxygen atoms in total. The summed E-state index contributed by atoms with van der Waals surface area (Å²) in [6.07, 6.45) is 4.20. The van der Waals surface area contributed by atoms with E-state index in [0.717, 1.165) is 31.2 Å². The summed E-state index contributed by atoms with van der Waals surface area (Å²) in [7, 11) is -3.27. The van der Waals surface area contributed by atoms with Crippen molar-refractivity contribution >= 4 is 15.6 Å². The molecular weight excluding hydrogens is 260 g/mol. The van der Waals surface area contributed by atoms with E-state index in [1.54, 1.807) is 12.1 Å². The molecule has 0 saturated heterocycles. The third kappa shape index (κ3) is 4.16. The van der Waals surface area contributed by atoms with Gasteiger partial charge in [0, 0.05) is 5.56 Å². The largest absolute Gasteiger partial charge is 0.293 e. The second-order valence-corrected chi connectivity index (χ2v) is 7.60. The molecule has 1 fully saturated rings. The lowest BCUT2D eigenvalue weighted by Gasteiger charge is -2.09. The molecule has 1 saturated carbocycles. The maximum absolute atomic E-state index is 12.0. The summed E-state index contributed by atoms with van der Waals surface area (Å²) in [5.41, 5.74) is 1.55. The van der Waals surface area contributed by atoms with Crippen LogP contribution in [-0.4, -0.2) is 25.7 Å². The molecule has 2 rings (SSSR count). The SMILES string of the molecule is Cc1ccc(C(=O)CS(=O)(=O)CC2CCCC2)cc1. The first kappa shape index (κ1) is 14.3. The molecule has 19 heavy (non-hydrogen) atoms. The Morgan fingerprint density at radius 3 is 2.32 bits per heavy atom. The zero-order valence-corrected chi connectivity index (χ0v) is 12.1. The quantitative estimate of drug-likeness (QED) is 0.779. The van der Waals surface area contributed by atoms with E-state index in [4.69, 9.17) is 0 Å². The van der Waals surface area contributed by atoms with Gasteiger partial charge in [0.1, 0.15) is 5.75 Å². The van der Waals surface area contributed by atoms with Crippen molar-refractivity contribution in [3.63, 3.8) is 0 Å². The van der Waals surface area contributed by atoms with Gasteiger partial charge in [-0.1, -0.05) is 42.7 Å². The number of carbonyl (C=O) groups excluding carboxylic acids is 1. The van der Waals surface area contributed by atoms with Gasteiger partial charge in [-0.05, 0) is 25.7 Å². The van der Waals surface area contributed by atoms with Crippen LogP contribution in [0.5, 0.6) is 0 Å². The van der Waals surface area contributed by atoms with Crippen molar-refractivity contribution < 1.29 is 13.2 Å². The maximum Gasteiger partial charge on any atom is 0.177 e. The number of hydrogen-bond acceptors (Lipinski definition) is 3. The number of ketones is 1. The molecule has 0 spiro atoms. The third-order valence-corrected chi connectivity index (χ3v) is 5.37. The van der Waals surface area contributed by atoms with E-state index in [2.05, 4.69) is 0 Å². The number of aryl methyl sites for hydroxylation is 1. The number of sulfone groups is 1. The van der Waals surface area contributed by atoms with Crippen molar-refractivity contribution in [3.8, 4) is 0 Å². The lowest BCUT2D eigenvalue weighted by molar-refractivity contribution is 0.102. The summed E-state index contributed by atoms with van der Waals surface area (Å²) in [5, 5.41) is 0. The molecule has 0 heterocycles. The zero-order valence-electron chi connectivity index (χ0n) is 11.3. The average molecular weight is 280 g/mol. The smallest absolute Gasteiger partial charge is 0.177 e. The Bertz CT molecular complexity index is 537. The fourth-order valence-electron chi connectivity index (χ4n) is 2.62. The highest BCUT2D eigenvalue weighted by Gasteiger charge is 2.25. The number of carbonyl (C=O) groups is 1. The highest BCUT2D eigenvalue weighted by molar-refractivity contribution is 7.92. The first-order valence-electron chi connectivity index (χ1n) is 6.76. The molecule has 1 aliphatic carbocycles. The van der Waals surface area contributed by atoms with E-state index in [-0.39, 0.29) is 23.2 Å². The van der Waals surface area contributed by atoms with Crippen LogP contribution in [0.2, 0.25) is 0 Å². The van der Waals surface area contributed by atoms with E-state index < -0.39 is 9.84 Å². The fourth-order valence-corrected chi connectivity index (χ4v) is 4.35. The van der Waals surface area contributed by atoms with Crippen LogP contribution in [0.15, 0.2) is 24.3 Å². The Balaban J connectivity index is 1.99. The van der Waals surface area contributed by atoms with Crippen LogP contribution in [0, 0.1) is 12.8 Å². The Hall–Kier alpha value is -1.16. The van der Waals surface area contributed by atoms with Gasteiger partial charge >= 0.3 is 0 Å². The van der Waals surface area contributed by atoms with Gasteiger partial charge in [-0.3, -0.25) is 4.79 Å². The monoisotopic (exact) mass is 280 g/mol. The maximum atomic E-state index is 12.0. The normalized spacial score (nSPS) is 16.7. The molecule has 0 aromatic heterocycles. The van der Waals surface area contributed by atoms with Gasteiger partial charge in [0.05, 0.1) is 5.75 Å². The van der Waals surface area contributed by atoms with E-state index in [0.29, 0.717) is 5.56 Å².